The Bertz CT molecular complexity index is 603. The third-order valence-corrected chi connectivity index (χ3v) is 4.22. The summed E-state index contributed by atoms with van der Waals surface area (Å²) < 4.78 is 9.77. The van der Waals surface area contributed by atoms with Crippen molar-refractivity contribution in [3.63, 3.8) is 0 Å². The number of rotatable bonds is 9. The van der Waals surface area contributed by atoms with Gasteiger partial charge in [0.25, 0.3) is 5.91 Å². The van der Waals surface area contributed by atoms with Gasteiger partial charge >= 0.3 is 11.9 Å². The number of amides is 1. The lowest BCUT2D eigenvalue weighted by Crippen LogP contribution is -2.44. The molecule has 1 rings (SSSR count). The summed E-state index contributed by atoms with van der Waals surface area (Å²) in [7, 11) is 1.27. The molecule has 25 heavy (non-hydrogen) atoms. The summed E-state index contributed by atoms with van der Waals surface area (Å²) >= 11 is 1.53. The minimum Gasteiger partial charge on any atom is -0.467 e. The Morgan fingerprint density at radius 2 is 1.88 bits per heavy atom. The van der Waals surface area contributed by atoms with E-state index in [4.69, 9.17) is 4.74 Å². The van der Waals surface area contributed by atoms with E-state index in [1.807, 2.05) is 32.9 Å². The van der Waals surface area contributed by atoms with Gasteiger partial charge in [0.2, 0.25) is 0 Å². The second-order valence-electron chi connectivity index (χ2n) is 5.78. The highest BCUT2D eigenvalue weighted by atomic mass is 32.2. The molecule has 1 aromatic carbocycles. The summed E-state index contributed by atoms with van der Waals surface area (Å²) in [5, 5.41) is 2.55. The zero-order valence-electron chi connectivity index (χ0n) is 15.0. The predicted molar refractivity (Wildman–Crippen MR) is 96.5 cm³/mol. The Hall–Kier alpha value is -2.02. The molecule has 0 saturated heterocycles. The van der Waals surface area contributed by atoms with Gasteiger partial charge in [0.05, 0.1) is 12.7 Å². The summed E-state index contributed by atoms with van der Waals surface area (Å²) in [5.74, 6) is -0.598. The van der Waals surface area contributed by atoms with Crippen molar-refractivity contribution in [2.45, 2.75) is 38.1 Å². The first-order valence-corrected chi connectivity index (χ1v) is 9.13. The molecule has 0 fully saturated rings. The second-order valence-corrected chi connectivity index (χ2v) is 7.08. The van der Waals surface area contributed by atoms with Crippen LogP contribution in [-0.4, -0.2) is 43.4 Å². The van der Waals surface area contributed by atoms with E-state index in [0.717, 1.165) is 10.6 Å². The van der Waals surface area contributed by atoms with Crippen LogP contribution >= 0.6 is 11.8 Å². The van der Waals surface area contributed by atoms with Crippen molar-refractivity contribution in [2.24, 2.45) is 5.92 Å². The molecule has 0 heterocycles. The number of ether oxygens (including phenoxy) is 2. The Kier molecular flexibility index (Phi) is 9.05. The van der Waals surface area contributed by atoms with E-state index in [2.05, 4.69) is 10.1 Å². The molecule has 0 radical (unpaired) electrons. The van der Waals surface area contributed by atoms with Crippen LogP contribution in [0.4, 0.5) is 0 Å². The molecule has 0 aromatic heterocycles. The van der Waals surface area contributed by atoms with Crippen molar-refractivity contribution in [1.82, 2.24) is 5.32 Å². The van der Waals surface area contributed by atoms with Crippen LogP contribution in [-0.2, 0) is 19.1 Å². The number of hydrogen-bond donors (Lipinski definition) is 1. The highest BCUT2D eigenvalue weighted by Gasteiger charge is 2.23. The minimum absolute atomic E-state index is 0.199. The molecule has 0 bridgehead atoms. The molecule has 7 heteroatoms. The molecule has 0 aliphatic heterocycles. The van der Waals surface area contributed by atoms with E-state index >= 15 is 0 Å². The molecule has 0 aliphatic rings. The number of benzene rings is 1. The molecule has 1 N–H and O–H groups in total. The quantitative estimate of drug-likeness (QED) is 0.534. The highest BCUT2D eigenvalue weighted by molar-refractivity contribution is 7.99. The Balaban J connectivity index is 2.63. The molecule has 138 valence electrons. The van der Waals surface area contributed by atoms with Crippen LogP contribution in [0.3, 0.4) is 0 Å². The van der Waals surface area contributed by atoms with Crippen molar-refractivity contribution in [3.8, 4) is 0 Å². The van der Waals surface area contributed by atoms with Crippen molar-refractivity contribution < 1.29 is 23.9 Å². The largest absolute Gasteiger partial charge is 0.467 e. The van der Waals surface area contributed by atoms with Gasteiger partial charge in [-0.3, -0.25) is 4.79 Å². The lowest BCUT2D eigenvalue weighted by molar-refractivity contribution is -0.145. The Morgan fingerprint density at radius 3 is 2.48 bits per heavy atom. The lowest BCUT2D eigenvalue weighted by Gasteiger charge is -2.18. The van der Waals surface area contributed by atoms with Crippen molar-refractivity contribution >= 4 is 29.6 Å². The number of methoxy groups -OCH3 is 1. The number of hydrogen-bond acceptors (Lipinski definition) is 6. The molecular weight excluding hydrogens is 342 g/mol. The topological polar surface area (TPSA) is 81.7 Å². The highest BCUT2D eigenvalue weighted by Crippen LogP contribution is 2.22. The zero-order valence-corrected chi connectivity index (χ0v) is 15.9. The summed E-state index contributed by atoms with van der Waals surface area (Å²) in [6.07, 6.45) is 0.447. The van der Waals surface area contributed by atoms with Gasteiger partial charge in [-0.05, 0) is 30.2 Å². The van der Waals surface area contributed by atoms with Crippen LogP contribution in [0.5, 0.6) is 0 Å². The fourth-order valence-electron chi connectivity index (χ4n) is 2.19. The number of carbonyl (C=O) groups is 3. The molecule has 0 aliphatic carbocycles. The average Bonchev–Trinajstić information content (AvgIpc) is 2.58. The summed E-state index contributed by atoms with van der Waals surface area (Å²) in [6.45, 7) is 5.41. The fourth-order valence-corrected chi connectivity index (χ4v) is 2.98. The van der Waals surface area contributed by atoms with E-state index in [1.165, 1.54) is 18.9 Å². The Labute approximate surface area is 152 Å². The van der Waals surface area contributed by atoms with Crippen molar-refractivity contribution in [3.05, 3.63) is 29.8 Å². The molecule has 0 saturated carbocycles. The monoisotopic (exact) mass is 367 g/mol. The van der Waals surface area contributed by atoms with Crippen LogP contribution in [0.1, 0.15) is 37.6 Å². The third-order valence-electron chi connectivity index (χ3n) is 3.27. The maximum absolute atomic E-state index is 12.2. The van der Waals surface area contributed by atoms with Crippen LogP contribution in [0, 0.1) is 5.92 Å². The van der Waals surface area contributed by atoms with Gasteiger partial charge in [-0.25, -0.2) is 9.59 Å². The van der Waals surface area contributed by atoms with Crippen molar-refractivity contribution in [2.75, 3.05) is 19.5 Å². The van der Waals surface area contributed by atoms with Crippen LogP contribution in [0.2, 0.25) is 0 Å². The SMILES string of the molecule is CCSc1ccccc1C(=O)OCC(=O)NC(CC(C)C)C(=O)OC. The maximum Gasteiger partial charge on any atom is 0.339 e. The average molecular weight is 367 g/mol. The first-order chi connectivity index (χ1) is 11.9. The molecule has 1 amide bonds. The number of carbonyl (C=O) groups excluding carboxylic acids is 3. The fraction of sp³-hybridized carbons (Fsp3) is 0.500. The van der Waals surface area contributed by atoms with Gasteiger partial charge in [-0.1, -0.05) is 32.9 Å². The first-order valence-electron chi connectivity index (χ1n) is 8.15. The van der Waals surface area contributed by atoms with Crippen LogP contribution in [0.25, 0.3) is 0 Å². The van der Waals surface area contributed by atoms with Gasteiger partial charge in [-0.15, -0.1) is 11.8 Å². The van der Waals surface area contributed by atoms with E-state index in [1.54, 1.807) is 12.1 Å². The van der Waals surface area contributed by atoms with E-state index in [-0.39, 0.29) is 5.92 Å². The summed E-state index contributed by atoms with van der Waals surface area (Å²) in [6, 6.07) is 6.33. The van der Waals surface area contributed by atoms with Crippen molar-refractivity contribution in [1.29, 1.82) is 0 Å². The smallest absolute Gasteiger partial charge is 0.339 e. The first kappa shape index (κ1) is 21.0. The van der Waals surface area contributed by atoms with E-state index in [0.29, 0.717) is 12.0 Å². The number of esters is 2. The number of thioether (sulfide) groups is 1. The third kappa shape index (κ3) is 7.17. The summed E-state index contributed by atoms with van der Waals surface area (Å²) in [5.41, 5.74) is 0.425. The minimum atomic E-state index is -0.751. The van der Waals surface area contributed by atoms with Gasteiger partial charge in [0.1, 0.15) is 6.04 Å². The second kappa shape index (κ2) is 10.8. The number of nitrogens with one attached hydrogen (secondary N) is 1. The molecular formula is C18H25NO5S. The molecule has 1 aromatic rings. The zero-order chi connectivity index (χ0) is 18.8. The van der Waals surface area contributed by atoms with E-state index < -0.39 is 30.5 Å². The van der Waals surface area contributed by atoms with Gasteiger partial charge in [0.15, 0.2) is 6.61 Å². The standard InChI is InChI=1S/C18H25NO5S/c1-5-25-15-9-7-6-8-13(15)17(21)24-11-16(20)19-14(10-12(2)3)18(22)23-4/h6-9,12,14H,5,10-11H2,1-4H3,(H,19,20). The van der Waals surface area contributed by atoms with Crippen LogP contribution < -0.4 is 5.32 Å². The molecule has 0 spiro atoms. The summed E-state index contributed by atoms with van der Waals surface area (Å²) in [4.78, 5) is 36.7. The predicted octanol–water partition coefficient (Wildman–Crippen LogP) is 2.66. The molecule has 6 nitrogen and oxygen atoms in total. The van der Waals surface area contributed by atoms with Gasteiger partial charge in [-0.2, -0.15) is 0 Å². The van der Waals surface area contributed by atoms with Crippen LogP contribution in [0.15, 0.2) is 29.2 Å². The molecule has 1 atom stereocenters. The Morgan fingerprint density at radius 1 is 1.20 bits per heavy atom. The van der Waals surface area contributed by atoms with Gasteiger partial charge < -0.3 is 14.8 Å². The molecule has 1 unspecified atom stereocenters. The maximum atomic E-state index is 12.2. The van der Waals surface area contributed by atoms with Gasteiger partial charge in [0, 0.05) is 4.90 Å². The van der Waals surface area contributed by atoms with E-state index in [9.17, 15) is 14.4 Å². The normalized spacial score (nSPS) is 11.7. The lowest BCUT2D eigenvalue weighted by atomic mass is 10.0.